The lowest BCUT2D eigenvalue weighted by molar-refractivity contribution is 0.392. The van der Waals surface area contributed by atoms with E-state index < -0.39 is 10.0 Å². The van der Waals surface area contributed by atoms with Crippen molar-refractivity contribution >= 4 is 33.4 Å². The lowest BCUT2D eigenvalue weighted by Gasteiger charge is -2.21. The number of ether oxygens (including phenoxy) is 1. The number of methoxy groups -OCH3 is 1. The van der Waals surface area contributed by atoms with E-state index in [2.05, 4.69) is 0 Å². The Morgan fingerprint density at radius 2 is 1.96 bits per heavy atom. The molecule has 140 valence electrons. The first-order valence-corrected chi connectivity index (χ1v) is 11.3. The summed E-state index contributed by atoms with van der Waals surface area (Å²) in [5, 5.41) is 0.935. The molecule has 2 aromatic rings. The van der Waals surface area contributed by atoms with Crippen LogP contribution < -0.4 is 4.74 Å². The zero-order valence-corrected chi connectivity index (χ0v) is 17.2. The molecular formula is C19H22ClNO3S2. The number of nitrogens with zero attached hydrogens (tertiary/aromatic N) is 1. The summed E-state index contributed by atoms with van der Waals surface area (Å²) >= 11 is 8.09. The van der Waals surface area contributed by atoms with Crippen LogP contribution in [0.4, 0.5) is 0 Å². The molecule has 0 aliphatic carbocycles. The molecule has 0 amide bonds. The molecule has 1 heterocycles. The van der Waals surface area contributed by atoms with Crippen LogP contribution in [-0.4, -0.2) is 38.7 Å². The minimum Gasteiger partial charge on any atom is -0.495 e. The number of hydrogen-bond donors (Lipinski definition) is 0. The summed E-state index contributed by atoms with van der Waals surface area (Å²) in [5.74, 6) is 1.11. The van der Waals surface area contributed by atoms with Gasteiger partial charge in [-0.25, -0.2) is 8.42 Å². The molecule has 0 aromatic heterocycles. The Morgan fingerprint density at radius 1 is 1.19 bits per heavy atom. The summed E-state index contributed by atoms with van der Waals surface area (Å²) in [5.41, 5.74) is 1.97. The standard InChI is InChI=1S/C19H22ClNO3S2/c1-14-7-8-17(24-2)19(13-14)26(22,23)21-10-9-18(25-12-11-21)15-5-3-4-6-16(15)20/h3-8,13,18H,9-12H2,1-2H3. The van der Waals surface area contributed by atoms with Crippen LogP contribution in [0.5, 0.6) is 5.75 Å². The molecule has 0 radical (unpaired) electrons. The Labute approximate surface area is 164 Å². The van der Waals surface area contributed by atoms with Gasteiger partial charge in [-0.2, -0.15) is 16.1 Å². The summed E-state index contributed by atoms with van der Waals surface area (Å²) in [6.07, 6.45) is 0.724. The molecule has 1 saturated heterocycles. The number of rotatable bonds is 4. The van der Waals surface area contributed by atoms with Gasteiger partial charge < -0.3 is 4.74 Å². The first-order chi connectivity index (χ1) is 12.4. The van der Waals surface area contributed by atoms with Crippen molar-refractivity contribution in [3.05, 3.63) is 58.6 Å². The number of thioether (sulfide) groups is 1. The van der Waals surface area contributed by atoms with Crippen LogP contribution in [-0.2, 0) is 10.0 Å². The number of hydrogen-bond acceptors (Lipinski definition) is 4. The van der Waals surface area contributed by atoms with Gasteiger partial charge in [0, 0.05) is 29.1 Å². The van der Waals surface area contributed by atoms with Gasteiger partial charge >= 0.3 is 0 Å². The molecule has 0 bridgehead atoms. The van der Waals surface area contributed by atoms with Crippen molar-refractivity contribution in [2.24, 2.45) is 0 Å². The Kier molecular flexibility index (Phi) is 6.17. The highest BCUT2D eigenvalue weighted by molar-refractivity contribution is 7.99. The summed E-state index contributed by atoms with van der Waals surface area (Å²) in [6.45, 7) is 2.82. The van der Waals surface area contributed by atoms with E-state index >= 15 is 0 Å². The molecule has 3 rings (SSSR count). The van der Waals surface area contributed by atoms with Crippen LogP contribution in [0.15, 0.2) is 47.4 Å². The maximum atomic E-state index is 13.2. The van der Waals surface area contributed by atoms with Gasteiger partial charge in [-0.3, -0.25) is 0 Å². The summed E-state index contributed by atoms with van der Waals surface area (Å²) < 4.78 is 33.2. The van der Waals surface area contributed by atoms with E-state index in [1.807, 2.05) is 37.3 Å². The van der Waals surface area contributed by atoms with Crippen molar-refractivity contribution in [3.63, 3.8) is 0 Å². The Balaban J connectivity index is 1.85. The predicted molar refractivity (Wildman–Crippen MR) is 108 cm³/mol. The van der Waals surface area contributed by atoms with Gasteiger partial charge in [-0.1, -0.05) is 35.9 Å². The minimum absolute atomic E-state index is 0.198. The van der Waals surface area contributed by atoms with E-state index in [0.717, 1.165) is 28.3 Å². The molecule has 0 N–H and O–H groups in total. The average molecular weight is 412 g/mol. The van der Waals surface area contributed by atoms with E-state index in [1.54, 1.807) is 28.2 Å². The smallest absolute Gasteiger partial charge is 0.246 e. The Hall–Kier alpha value is -1.21. The van der Waals surface area contributed by atoms with Gasteiger partial charge in [0.25, 0.3) is 0 Å². The molecule has 4 nitrogen and oxygen atoms in total. The zero-order valence-electron chi connectivity index (χ0n) is 14.8. The third-order valence-electron chi connectivity index (χ3n) is 4.49. The van der Waals surface area contributed by atoms with E-state index in [4.69, 9.17) is 16.3 Å². The van der Waals surface area contributed by atoms with Gasteiger partial charge in [0.2, 0.25) is 10.0 Å². The van der Waals surface area contributed by atoms with E-state index in [1.165, 1.54) is 7.11 Å². The molecule has 1 fully saturated rings. The van der Waals surface area contributed by atoms with Crippen molar-refractivity contribution in [3.8, 4) is 5.75 Å². The second-order valence-electron chi connectivity index (χ2n) is 6.23. The van der Waals surface area contributed by atoms with Crippen molar-refractivity contribution in [2.45, 2.75) is 23.5 Å². The quantitative estimate of drug-likeness (QED) is 0.741. The van der Waals surface area contributed by atoms with Crippen LogP contribution in [0.1, 0.15) is 22.8 Å². The van der Waals surface area contributed by atoms with E-state index in [0.29, 0.717) is 18.8 Å². The number of halogens is 1. The average Bonchev–Trinajstić information content (AvgIpc) is 2.88. The fraction of sp³-hybridized carbons (Fsp3) is 0.368. The maximum Gasteiger partial charge on any atom is 0.246 e. The van der Waals surface area contributed by atoms with E-state index in [9.17, 15) is 8.42 Å². The molecule has 1 aliphatic heterocycles. The molecule has 2 aromatic carbocycles. The third-order valence-corrected chi connectivity index (χ3v) is 8.06. The maximum absolute atomic E-state index is 13.2. The highest BCUT2D eigenvalue weighted by atomic mass is 35.5. The number of sulfonamides is 1. The molecule has 1 aliphatic rings. The Morgan fingerprint density at radius 3 is 2.69 bits per heavy atom. The van der Waals surface area contributed by atoms with Crippen molar-refractivity contribution in [2.75, 3.05) is 26.0 Å². The fourth-order valence-corrected chi connectivity index (χ4v) is 6.51. The predicted octanol–water partition coefficient (Wildman–Crippen LogP) is 4.53. The van der Waals surface area contributed by atoms with Crippen LogP contribution in [0, 0.1) is 6.92 Å². The van der Waals surface area contributed by atoms with Gasteiger partial charge in [0.1, 0.15) is 10.6 Å². The second-order valence-corrected chi connectivity index (χ2v) is 9.85. The normalized spacial score (nSPS) is 19.1. The highest BCUT2D eigenvalue weighted by Gasteiger charge is 2.31. The highest BCUT2D eigenvalue weighted by Crippen LogP contribution is 2.39. The largest absolute Gasteiger partial charge is 0.495 e. The summed E-state index contributed by atoms with van der Waals surface area (Å²) in [6, 6.07) is 13.0. The van der Waals surface area contributed by atoms with Crippen molar-refractivity contribution < 1.29 is 13.2 Å². The van der Waals surface area contributed by atoms with Gasteiger partial charge in [-0.05, 0) is 42.7 Å². The summed E-state index contributed by atoms with van der Waals surface area (Å²) in [4.78, 5) is 0.237. The molecular weight excluding hydrogens is 390 g/mol. The lowest BCUT2D eigenvalue weighted by atomic mass is 10.1. The van der Waals surface area contributed by atoms with Crippen LogP contribution in [0.3, 0.4) is 0 Å². The molecule has 1 atom stereocenters. The molecule has 0 spiro atoms. The van der Waals surface area contributed by atoms with Gasteiger partial charge in [-0.15, -0.1) is 0 Å². The second kappa shape index (κ2) is 8.21. The number of aryl methyl sites for hydroxylation is 1. The summed E-state index contributed by atoms with van der Waals surface area (Å²) in [7, 11) is -2.11. The zero-order chi connectivity index (χ0) is 18.7. The van der Waals surface area contributed by atoms with Crippen LogP contribution >= 0.6 is 23.4 Å². The van der Waals surface area contributed by atoms with E-state index in [-0.39, 0.29) is 10.1 Å². The third kappa shape index (κ3) is 4.03. The Bertz CT molecular complexity index is 886. The molecule has 26 heavy (non-hydrogen) atoms. The van der Waals surface area contributed by atoms with Crippen molar-refractivity contribution in [1.29, 1.82) is 0 Å². The minimum atomic E-state index is -3.60. The topological polar surface area (TPSA) is 46.6 Å². The SMILES string of the molecule is COc1ccc(C)cc1S(=O)(=O)N1CCSC(c2ccccc2Cl)CC1. The first kappa shape index (κ1) is 19.5. The monoisotopic (exact) mass is 411 g/mol. The van der Waals surface area contributed by atoms with Crippen LogP contribution in [0.25, 0.3) is 0 Å². The lowest BCUT2D eigenvalue weighted by Crippen LogP contribution is -2.33. The fourth-order valence-electron chi connectivity index (χ4n) is 3.10. The number of benzene rings is 2. The van der Waals surface area contributed by atoms with Gasteiger partial charge in [0.15, 0.2) is 0 Å². The van der Waals surface area contributed by atoms with Crippen molar-refractivity contribution in [1.82, 2.24) is 4.31 Å². The van der Waals surface area contributed by atoms with Crippen LogP contribution in [0.2, 0.25) is 5.02 Å². The molecule has 7 heteroatoms. The van der Waals surface area contributed by atoms with Gasteiger partial charge in [0.05, 0.1) is 7.11 Å². The molecule has 0 saturated carbocycles. The first-order valence-electron chi connectivity index (χ1n) is 8.44. The molecule has 1 unspecified atom stereocenters.